The summed E-state index contributed by atoms with van der Waals surface area (Å²) in [4.78, 5) is 22.5. The Balaban J connectivity index is 0.000000337. The van der Waals surface area contributed by atoms with Crippen LogP contribution in [-0.2, 0) is 9.59 Å². The van der Waals surface area contributed by atoms with Crippen molar-refractivity contribution < 1.29 is 14.7 Å². The maximum Gasteiger partial charge on any atom is 0.290 e. The second kappa shape index (κ2) is 5.32. The van der Waals surface area contributed by atoms with Gasteiger partial charge in [0.15, 0.2) is 11.5 Å². The van der Waals surface area contributed by atoms with Crippen LogP contribution in [0.4, 0.5) is 5.82 Å². The Bertz CT molecular complexity index is 454. The number of imidazole rings is 1. The molecule has 7 heteroatoms. The summed E-state index contributed by atoms with van der Waals surface area (Å²) in [6.07, 6.45) is 3.78. The third-order valence-electron chi connectivity index (χ3n) is 1.48. The maximum absolute atomic E-state index is 10.1. The highest BCUT2D eigenvalue weighted by atomic mass is 16.3. The van der Waals surface area contributed by atoms with E-state index < -0.39 is 0 Å². The lowest BCUT2D eigenvalue weighted by Crippen LogP contribution is -1.99. The number of carbonyl (C=O) groups is 2. The van der Waals surface area contributed by atoms with Crippen LogP contribution in [0.5, 0.6) is 0 Å². The third kappa shape index (κ3) is 2.50. The molecule has 0 unspecified atom stereocenters. The van der Waals surface area contributed by atoms with Gasteiger partial charge >= 0.3 is 0 Å². The van der Waals surface area contributed by atoms with Crippen LogP contribution in [0.1, 0.15) is 0 Å². The Kier molecular flexibility index (Phi) is 3.78. The van der Waals surface area contributed by atoms with Gasteiger partial charge in [-0.25, -0.2) is 4.98 Å². The molecule has 78 valence electrons. The summed E-state index contributed by atoms with van der Waals surface area (Å²) in [7, 11) is 0. The number of nitrogens with one attached hydrogen (secondary N) is 1. The lowest BCUT2D eigenvalue weighted by atomic mass is 10.6. The molecule has 0 saturated heterocycles. The SMILES string of the molecule is O=CNc1cnc2cccnn12.O=CO. The predicted octanol–water partition coefficient (Wildman–Crippen LogP) is -0.00160. The van der Waals surface area contributed by atoms with E-state index in [9.17, 15) is 4.79 Å². The van der Waals surface area contributed by atoms with E-state index in [1.807, 2.05) is 6.07 Å². The Morgan fingerprint density at radius 2 is 2.20 bits per heavy atom. The van der Waals surface area contributed by atoms with E-state index in [0.717, 1.165) is 0 Å². The first-order chi connectivity index (χ1) is 7.33. The van der Waals surface area contributed by atoms with E-state index in [0.29, 0.717) is 17.9 Å². The van der Waals surface area contributed by atoms with E-state index in [2.05, 4.69) is 15.4 Å². The van der Waals surface area contributed by atoms with Crippen LogP contribution in [0.3, 0.4) is 0 Å². The average Bonchev–Trinajstić information content (AvgIpc) is 2.64. The van der Waals surface area contributed by atoms with Gasteiger partial charge in [0.25, 0.3) is 6.47 Å². The average molecular weight is 208 g/mol. The first-order valence-corrected chi connectivity index (χ1v) is 3.90. The quantitative estimate of drug-likeness (QED) is 0.677. The zero-order valence-corrected chi connectivity index (χ0v) is 7.57. The fraction of sp³-hybridized carbons (Fsp3) is 0. The monoisotopic (exact) mass is 208 g/mol. The molecule has 2 N–H and O–H groups in total. The number of hydrogen-bond acceptors (Lipinski definition) is 4. The molecular weight excluding hydrogens is 200 g/mol. The van der Waals surface area contributed by atoms with Crippen molar-refractivity contribution in [1.29, 1.82) is 0 Å². The number of aromatic nitrogens is 3. The highest BCUT2D eigenvalue weighted by Crippen LogP contribution is 2.07. The van der Waals surface area contributed by atoms with E-state index >= 15 is 0 Å². The molecule has 2 aromatic rings. The Hall–Kier alpha value is -2.44. The fourth-order valence-corrected chi connectivity index (χ4v) is 0.988. The molecule has 0 aromatic carbocycles. The minimum Gasteiger partial charge on any atom is -0.483 e. The Morgan fingerprint density at radius 3 is 2.87 bits per heavy atom. The highest BCUT2D eigenvalue weighted by Gasteiger charge is 2.00. The van der Waals surface area contributed by atoms with Crippen LogP contribution in [0, 0.1) is 0 Å². The van der Waals surface area contributed by atoms with Crippen molar-refractivity contribution in [2.24, 2.45) is 0 Å². The molecule has 7 nitrogen and oxygen atoms in total. The number of anilines is 1. The minimum atomic E-state index is -0.250. The van der Waals surface area contributed by atoms with Gasteiger partial charge in [-0.05, 0) is 12.1 Å². The zero-order chi connectivity index (χ0) is 11.1. The van der Waals surface area contributed by atoms with Crippen LogP contribution in [-0.4, -0.2) is 32.6 Å². The van der Waals surface area contributed by atoms with Crippen molar-refractivity contribution >= 4 is 24.3 Å². The molecule has 2 heterocycles. The van der Waals surface area contributed by atoms with E-state index in [1.54, 1.807) is 23.0 Å². The second-order valence-electron chi connectivity index (χ2n) is 2.30. The van der Waals surface area contributed by atoms with Crippen molar-refractivity contribution in [3.05, 3.63) is 24.5 Å². The van der Waals surface area contributed by atoms with Crippen molar-refractivity contribution in [2.75, 3.05) is 5.32 Å². The molecule has 0 bridgehead atoms. The van der Waals surface area contributed by atoms with Crippen LogP contribution in [0.25, 0.3) is 5.65 Å². The van der Waals surface area contributed by atoms with Crippen molar-refractivity contribution in [3.63, 3.8) is 0 Å². The van der Waals surface area contributed by atoms with Crippen LogP contribution < -0.4 is 5.32 Å². The number of hydrogen-bond donors (Lipinski definition) is 2. The lowest BCUT2D eigenvalue weighted by Gasteiger charge is -1.95. The summed E-state index contributed by atoms with van der Waals surface area (Å²) in [5.41, 5.74) is 0.710. The first-order valence-electron chi connectivity index (χ1n) is 3.90. The van der Waals surface area contributed by atoms with E-state index in [-0.39, 0.29) is 6.47 Å². The van der Waals surface area contributed by atoms with Crippen molar-refractivity contribution in [1.82, 2.24) is 14.6 Å². The van der Waals surface area contributed by atoms with Gasteiger partial charge in [0.1, 0.15) is 0 Å². The summed E-state index contributed by atoms with van der Waals surface area (Å²) in [5.74, 6) is 0.570. The predicted molar refractivity (Wildman–Crippen MR) is 51.4 cm³/mol. The fourth-order valence-electron chi connectivity index (χ4n) is 0.988. The molecule has 0 spiro atoms. The Morgan fingerprint density at radius 1 is 1.47 bits per heavy atom. The smallest absolute Gasteiger partial charge is 0.290 e. The topological polar surface area (TPSA) is 96.6 Å². The number of nitrogens with zero attached hydrogens (tertiary/aromatic N) is 3. The lowest BCUT2D eigenvalue weighted by molar-refractivity contribution is -0.122. The summed E-state index contributed by atoms with van der Waals surface area (Å²) in [6, 6.07) is 3.59. The standard InChI is InChI=1S/C7H6N4O.CH2O2/c12-5-9-7-4-8-6-2-1-3-10-11(6)7;2-1-3/h1-5H,(H,9,12);1H,(H,2,3). The largest absolute Gasteiger partial charge is 0.483 e. The van der Waals surface area contributed by atoms with Gasteiger partial charge < -0.3 is 10.4 Å². The third-order valence-corrected chi connectivity index (χ3v) is 1.48. The highest BCUT2D eigenvalue weighted by molar-refractivity contribution is 5.70. The number of carboxylic acid groups (broad SMARTS) is 1. The van der Waals surface area contributed by atoms with Gasteiger partial charge in [0.2, 0.25) is 6.41 Å². The molecular formula is C8H8N4O3. The summed E-state index contributed by atoms with van der Waals surface area (Å²) < 4.78 is 1.55. The van der Waals surface area contributed by atoms with E-state index in [4.69, 9.17) is 9.90 Å². The molecule has 0 aliphatic heterocycles. The van der Waals surface area contributed by atoms with Crippen LogP contribution in [0.15, 0.2) is 24.5 Å². The molecule has 0 radical (unpaired) electrons. The van der Waals surface area contributed by atoms with Crippen molar-refractivity contribution in [2.45, 2.75) is 0 Å². The van der Waals surface area contributed by atoms with Crippen LogP contribution >= 0.6 is 0 Å². The molecule has 0 aliphatic rings. The molecule has 2 rings (SSSR count). The zero-order valence-electron chi connectivity index (χ0n) is 7.57. The molecule has 0 aliphatic carbocycles. The Labute approximate surface area is 84.4 Å². The van der Waals surface area contributed by atoms with Crippen molar-refractivity contribution in [3.8, 4) is 0 Å². The minimum absolute atomic E-state index is 0.250. The summed E-state index contributed by atoms with van der Waals surface area (Å²) >= 11 is 0. The molecule has 1 amide bonds. The van der Waals surface area contributed by atoms with Crippen LogP contribution in [0.2, 0.25) is 0 Å². The molecule has 0 fully saturated rings. The molecule has 0 saturated carbocycles. The number of amides is 1. The van der Waals surface area contributed by atoms with E-state index in [1.165, 1.54) is 0 Å². The van der Waals surface area contributed by atoms with Gasteiger partial charge in [0.05, 0.1) is 6.20 Å². The normalized spacial score (nSPS) is 8.80. The van der Waals surface area contributed by atoms with Gasteiger partial charge in [0, 0.05) is 6.20 Å². The summed E-state index contributed by atoms with van der Waals surface area (Å²) in [6.45, 7) is -0.250. The van der Waals surface area contributed by atoms with Gasteiger partial charge in [-0.15, -0.1) is 0 Å². The second-order valence-corrected chi connectivity index (χ2v) is 2.30. The molecule has 15 heavy (non-hydrogen) atoms. The van der Waals surface area contributed by atoms with Gasteiger partial charge in [-0.1, -0.05) is 0 Å². The number of fused-ring (bicyclic) bond motifs is 1. The maximum atomic E-state index is 10.1. The van der Waals surface area contributed by atoms with Gasteiger partial charge in [-0.2, -0.15) is 9.61 Å². The number of carbonyl (C=O) groups excluding carboxylic acids is 1. The summed E-state index contributed by atoms with van der Waals surface area (Å²) in [5, 5.41) is 13.4. The molecule has 0 atom stereocenters. The first kappa shape index (κ1) is 10.6. The number of rotatable bonds is 2. The van der Waals surface area contributed by atoms with Gasteiger partial charge in [-0.3, -0.25) is 9.59 Å². The molecule has 2 aromatic heterocycles.